The number of nitrogens with one attached hydrogen (secondary N) is 2. The largest absolute Gasteiger partial charge is 0.338 e. The molecule has 0 aliphatic heterocycles. The molecule has 2 N–H and O–H groups in total. The highest BCUT2D eigenvalue weighted by Gasteiger charge is 1.97. The van der Waals surface area contributed by atoms with Crippen molar-refractivity contribution in [3.05, 3.63) is 22.4 Å². The maximum absolute atomic E-state index is 11.1. The first-order valence-corrected chi connectivity index (χ1v) is 5.80. The van der Waals surface area contributed by atoms with E-state index in [0.717, 1.165) is 19.4 Å². The Labute approximate surface area is 88.5 Å². The topological polar surface area (TPSA) is 41.1 Å². The number of hydrogen-bond acceptors (Lipinski definition) is 2. The highest BCUT2D eigenvalue weighted by Crippen LogP contribution is 2.05. The number of hydrogen-bond donors (Lipinski definition) is 2. The minimum atomic E-state index is -0.0675. The molecule has 1 rings (SSSR count). The minimum absolute atomic E-state index is 0.0675. The van der Waals surface area contributed by atoms with E-state index < -0.39 is 0 Å². The van der Waals surface area contributed by atoms with E-state index in [9.17, 15) is 4.79 Å². The molecule has 0 aromatic carbocycles. The summed E-state index contributed by atoms with van der Waals surface area (Å²) in [6.07, 6.45) is 1.88. The summed E-state index contributed by atoms with van der Waals surface area (Å²) in [5, 5.41) is 9.73. The third kappa shape index (κ3) is 4.28. The second-order valence-electron chi connectivity index (χ2n) is 3.06. The lowest BCUT2D eigenvalue weighted by Crippen LogP contribution is -2.36. The first kappa shape index (κ1) is 11.0. The highest BCUT2D eigenvalue weighted by molar-refractivity contribution is 7.07. The van der Waals surface area contributed by atoms with Gasteiger partial charge in [-0.25, -0.2) is 4.79 Å². The van der Waals surface area contributed by atoms with Crippen LogP contribution in [0.5, 0.6) is 0 Å². The lowest BCUT2D eigenvalue weighted by Gasteiger charge is -2.05. The number of urea groups is 1. The van der Waals surface area contributed by atoms with Gasteiger partial charge in [-0.15, -0.1) is 0 Å². The predicted molar refractivity (Wildman–Crippen MR) is 59.7 cm³/mol. The fraction of sp³-hybridized carbons (Fsp3) is 0.500. The molecule has 2 amide bonds. The standard InChI is InChI=1S/C10H16N2OS/c1-2-5-11-10(13)12-6-3-9-4-7-14-8-9/h4,7-8H,2-3,5-6H2,1H3,(H2,11,12,13). The van der Waals surface area contributed by atoms with Gasteiger partial charge in [-0.3, -0.25) is 0 Å². The third-order valence-electron chi connectivity index (χ3n) is 1.81. The molecule has 0 aliphatic carbocycles. The fourth-order valence-electron chi connectivity index (χ4n) is 1.06. The molecule has 0 saturated carbocycles. The van der Waals surface area contributed by atoms with Crippen molar-refractivity contribution >= 4 is 17.4 Å². The van der Waals surface area contributed by atoms with Crippen LogP contribution in [0.2, 0.25) is 0 Å². The van der Waals surface area contributed by atoms with Crippen LogP contribution in [0, 0.1) is 0 Å². The zero-order chi connectivity index (χ0) is 10.2. The molecule has 0 fully saturated rings. The maximum Gasteiger partial charge on any atom is 0.314 e. The summed E-state index contributed by atoms with van der Waals surface area (Å²) in [5.74, 6) is 0. The van der Waals surface area contributed by atoms with Gasteiger partial charge in [0.2, 0.25) is 0 Å². The molecule has 1 heterocycles. The van der Waals surface area contributed by atoms with Crippen LogP contribution in [-0.4, -0.2) is 19.1 Å². The summed E-state index contributed by atoms with van der Waals surface area (Å²) in [6.45, 7) is 3.47. The van der Waals surface area contributed by atoms with Crippen LogP contribution in [-0.2, 0) is 6.42 Å². The Bertz CT molecular complexity index is 259. The molecule has 4 heteroatoms. The van der Waals surface area contributed by atoms with Crippen LogP contribution in [0.1, 0.15) is 18.9 Å². The summed E-state index contributed by atoms with van der Waals surface area (Å²) < 4.78 is 0. The van der Waals surface area contributed by atoms with Gasteiger partial charge >= 0.3 is 6.03 Å². The van der Waals surface area contributed by atoms with Gasteiger partial charge in [-0.05, 0) is 35.2 Å². The summed E-state index contributed by atoms with van der Waals surface area (Å²) >= 11 is 1.68. The van der Waals surface area contributed by atoms with Crippen molar-refractivity contribution in [2.45, 2.75) is 19.8 Å². The van der Waals surface area contributed by atoms with Gasteiger partial charge in [0.25, 0.3) is 0 Å². The molecule has 0 bridgehead atoms. The van der Waals surface area contributed by atoms with Crippen LogP contribution in [0.4, 0.5) is 4.79 Å². The SMILES string of the molecule is CCCNC(=O)NCCc1ccsc1. The van der Waals surface area contributed by atoms with Crippen LogP contribution >= 0.6 is 11.3 Å². The summed E-state index contributed by atoms with van der Waals surface area (Å²) in [7, 11) is 0. The first-order valence-electron chi connectivity index (χ1n) is 4.85. The van der Waals surface area contributed by atoms with Crippen LogP contribution < -0.4 is 10.6 Å². The monoisotopic (exact) mass is 212 g/mol. The first-order chi connectivity index (χ1) is 6.83. The van der Waals surface area contributed by atoms with E-state index in [1.54, 1.807) is 11.3 Å². The average molecular weight is 212 g/mol. The van der Waals surface area contributed by atoms with E-state index >= 15 is 0 Å². The van der Waals surface area contributed by atoms with E-state index in [0.29, 0.717) is 6.54 Å². The minimum Gasteiger partial charge on any atom is -0.338 e. The molecule has 14 heavy (non-hydrogen) atoms. The van der Waals surface area contributed by atoms with Crippen molar-refractivity contribution in [3.63, 3.8) is 0 Å². The third-order valence-corrected chi connectivity index (χ3v) is 2.55. The second-order valence-corrected chi connectivity index (χ2v) is 3.84. The van der Waals surface area contributed by atoms with Crippen molar-refractivity contribution in [2.75, 3.05) is 13.1 Å². The van der Waals surface area contributed by atoms with Crippen LogP contribution in [0.25, 0.3) is 0 Å². The molecular formula is C10H16N2OS. The number of carbonyl (C=O) groups excluding carboxylic acids is 1. The number of thiophene rings is 1. The molecule has 0 unspecified atom stereocenters. The van der Waals surface area contributed by atoms with Gasteiger partial charge < -0.3 is 10.6 Å². The van der Waals surface area contributed by atoms with E-state index in [-0.39, 0.29) is 6.03 Å². The zero-order valence-electron chi connectivity index (χ0n) is 8.38. The van der Waals surface area contributed by atoms with Gasteiger partial charge in [0, 0.05) is 13.1 Å². The summed E-state index contributed by atoms with van der Waals surface area (Å²) in [5.41, 5.74) is 1.28. The maximum atomic E-state index is 11.1. The second kappa shape index (κ2) is 6.43. The van der Waals surface area contributed by atoms with Gasteiger partial charge in [0.1, 0.15) is 0 Å². The predicted octanol–water partition coefficient (Wildman–Crippen LogP) is 2.00. The molecule has 1 aromatic rings. The van der Waals surface area contributed by atoms with Crippen molar-refractivity contribution in [1.29, 1.82) is 0 Å². The van der Waals surface area contributed by atoms with Gasteiger partial charge in [-0.1, -0.05) is 6.92 Å². The Morgan fingerprint density at radius 3 is 2.86 bits per heavy atom. The summed E-state index contributed by atoms with van der Waals surface area (Å²) in [4.78, 5) is 11.1. The highest BCUT2D eigenvalue weighted by atomic mass is 32.1. The average Bonchev–Trinajstić information content (AvgIpc) is 2.67. The quantitative estimate of drug-likeness (QED) is 0.770. The molecule has 78 valence electrons. The van der Waals surface area contributed by atoms with Crippen molar-refractivity contribution in [3.8, 4) is 0 Å². The number of rotatable bonds is 5. The normalized spacial score (nSPS) is 9.79. The van der Waals surface area contributed by atoms with Crippen molar-refractivity contribution in [1.82, 2.24) is 10.6 Å². The molecule has 0 saturated heterocycles. The molecule has 3 nitrogen and oxygen atoms in total. The fourth-order valence-corrected chi connectivity index (χ4v) is 1.76. The van der Waals surface area contributed by atoms with Crippen molar-refractivity contribution in [2.24, 2.45) is 0 Å². The molecule has 0 spiro atoms. The molecule has 0 radical (unpaired) electrons. The van der Waals surface area contributed by atoms with E-state index in [1.165, 1.54) is 5.56 Å². The Kier molecular flexibility index (Phi) is 5.07. The molecular weight excluding hydrogens is 196 g/mol. The molecule has 1 aromatic heterocycles. The van der Waals surface area contributed by atoms with E-state index in [4.69, 9.17) is 0 Å². The summed E-state index contributed by atoms with van der Waals surface area (Å²) in [6, 6.07) is 2.01. The van der Waals surface area contributed by atoms with Crippen LogP contribution in [0.15, 0.2) is 16.8 Å². The Morgan fingerprint density at radius 1 is 1.43 bits per heavy atom. The lowest BCUT2D eigenvalue weighted by molar-refractivity contribution is 0.241. The smallest absolute Gasteiger partial charge is 0.314 e. The Morgan fingerprint density at radius 2 is 2.21 bits per heavy atom. The van der Waals surface area contributed by atoms with Gasteiger partial charge in [0.15, 0.2) is 0 Å². The lowest BCUT2D eigenvalue weighted by atomic mass is 10.2. The van der Waals surface area contributed by atoms with Crippen LogP contribution in [0.3, 0.4) is 0 Å². The Hall–Kier alpha value is -1.03. The van der Waals surface area contributed by atoms with E-state index in [2.05, 4.69) is 22.1 Å². The van der Waals surface area contributed by atoms with Crippen molar-refractivity contribution < 1.29 is 4.79 Å². The van der Waals surface area contributed by atoms with Gasteiger partial charge in [-0.2, -0.15) is 11.3 Å². The number of amides is 2. The van der Waals surface area contributed by atoms with E-state index in [1.807, 2.05) is 12.3 Å². The van der Waals surface area contributed by atoms with Gasteiger partial charge in [0.05, 0.1) is 0 Å². The number of carbonyl (C=O) groups is 1. The molecule has 0 atom stereocenters. The molecule has 0 aliphatic rings. The Balaban J connectivity index is 2.06. The zero-order valence-corrected chi connectivity index (χ0v) is 9.19.